The summed E-state index contributed by atoms with van der Waals surface area (Å²) in [6.45, 7) is 4.48. The Kier molecular flexibility index (Phi) is 7.21. The van der Waals surface area contributed by atoms with Crippen LogP contribution in [0.25, 0.3) is 0 Å². The molecule has 0 saturated heterocycles. The standard InChI is InChI=1S/C27H33NO5/c1-3-31-26(30)33-22-14-13-20-16-21-12-8-5-9-15-27(2,23(20)17-22)24(21)28-25(29)32-18-19-10-6-4-7-11-19/h4,6-7,10-11,13-14,17,21,24H,3,5,8-9,12,15-16,18H2,1-2H3,(H,28,29)/t21-,24-,27+/m0/s1. The van der Waals surface area contributed by atoms with Crippen LogP contribution in [-0.4, -0.2) is 24.9 Å². The molecule has 1 N–H and O–H groups in total. The van der Waals surface area contributed by atoms with E-state index in [9.17, 15) is 9.59 Å². The lowest BCUT2D eigenvalue weighted by molar-refractivity contribution is 0.103. The summed E-state index contributed by atoms with van der Waals surface area (Å²) in [4.78, 5) is 24.7. The molecule has 2 aromatic carbocycles. The minimum atomic E-state index is -0.701. The molecule has 2 aliphatic carbocycles. The zero-order valence-electron chi connectivity index (χ0n) is 19.5. The summed E-state index contributed by atoms with van der Waals surface area (Å²) in [6, 6.07) is 15.5. The van der Waals surface area contributed by atoms with Crippen molar-refractivity contribution in [1.29, 1.82) is 0 Å². The lowest BCUT2D eigenvalue weighted by Gasteiger charge is -2.49. The second kappa shape index (κ2) is 10.3. The molecule has 1 amide bonds. The van der Waals surface area contributed by atoms with Crippen LogP contribution in [0.3, 0.4) is 0 Å². The predicted octanol–water partition coefficient (Wildman–Crippen LogP) is 5.91. The average Bonchev–Trinajstić information content (AvgIpc) is 2.80. The van der Waals surface area contributed by atoms with Gasteiger partial charge in [-0.2, -0.15) is 0 Å². The maximum absolute atomic E-state index is 12.8. The van der Waals surface area contributed by atoms with Gasteiger partial charge in [-0.05, 0) is 60.9 Å². The van der Waals surface area contributed by atoms with Crippen LogP contribution in [0.1, 0.15) is 62.6 Å². The smallest absolute Gasteiger partial charge is 0.445 e. The highest BCUT2D eigenvalue weighted by atomic mass is 16.7. The minimum Gasteiger partial charge on any atom is -0.445 e. The lowest BCUT2D eigenvalue weighted by Crippen LogP contribution is -2.57. The maximum atomic E-state index is 12.8. The second-order valence-corrected chi connectivity index (χ2v) is 9.27. The van der Waals surface area contributed by atoms with Gasteiger partial charge in [0.25, 0.3) is 0 Å². The Bertz CT molecular complexity index is 976. The molecule has 0 unspecified atom stereocenters. The molecule has 2 aromatic rings. The van der Waals surface area contributed by atoms with Gasteiger partial charge >= 0.3 is 12.2 Å². The van der Waals surface area contributed by atoms with Gasteiger partial charge in [0.2, 0.25) is 0 Å². The number of benzene rings is 2. The summed E-state index contributed by atoms with van der Waals surface area (Å²) in [5, 5.41) is 3.23. The Morgan fingerprint density at radius 1 is 1.06 bits per heavy atom. The summed E-state index contributed by atoms with van der Waals surface area (Å²) < 4.78 is 15.9. The minimum absolute atomic E-state index is 0.0496. The molecule has 0 aromatic heterocycles. The van der Waals surface area contributed by atoms with Gasteiger partial charge in [-0.3, -0.25) is 0 Å². The van der Waals surface area contributed by atoms with Crippen LogP contribution in [0.4, 0.5) is 9.59 Å². The van der Waals surface area contributed by atoms with Gasteiger partial charge in [0, 0.05) is 11.5 Å². The van der Waals surface area contributed by atoms with Crippen molar-refractivity contribution in [3.63, 3.8) is 0 Å². The predicted molar refractivity (Wildman–Crippen MR) is 125 cm³/mol. The molecule has 1 fully saturated rings. The van der Waals surface area contributed by atoms with E-state index in [1.165, 1.54) is 12.0 Å². The van der Waals surface area contributed by atoms with Crippen LogP contribution in [0.15, 0.2) is 48.5 Å². The van der Waals surface area contributed by atoms with E-state index in [0.29, 0.717) is 11.7 Å². The van der Waals surface area contributed by atoms with Crippen molar-refractivity contribution in [1.82, 2.24) is 5.32 Å². The fourth-order valence-electron chi connectivity index (χ4n) is 5.46. The first-order chi connectivity index (χ1) is 16.0. The van der Waals surface area contributed by atoms with Crippen LogP contribution < -0.4 is 10.1 Å². The monoisotopic (exact) mass is 451 g/mol. The molecule has 0 aliphatic heterocycles. The van der Waals surface area contributed by atoms with Gasteiger partial charge in [-0.25, -0.2) is 9.59 Å². The first-order valence-corrected chi connectivity index (χ1v) is 11.9. The van der Waals surface area contributed by atoms with Gasteiger partial charge in [-0.15, -0.1) is 0 Å². The fourth-order valence-corrected chi connectivity index (χ4v) is 5.46. The number of carbonyl (C=O) groups excluding carboxylic acids is 2. The number of hydrogen-bond donors (Lipinski definition) is 1. The average molecular weight is 452 g/mol. The molecule has 6 heteroatoms. The Morgan fingerprint density at radius 2 is 1.88 bits per heavy atom. The van der Waals surface area contributed by atoms with E-state index in [4.69, 9.17) is 14.2 Å². The third kappa shape index (κ3) is 5.32. The number of ether oxygens (including phenoxy) is 3. The van der Waals surface area contributed by atoms with Crippen molar-refractivity contribution < 1.29 is 23.8 Å². The highest BCUT2D eigenvalue weighted by Crippen LogP contribution is 2.47. The Balaban J connectivity index is 1.57. The third-order valence-corrected chi connectivity index (χ3v) is 7.06. The number of rotatable bonds is 5. The quantitative estimate of drug-likeness (QED) is 0.452. The number of nitrogens with one attached hydrogen (secondary N) is 1. The molecule has 0 radical (unpaired) electrons. The van der Waals surface area contributed by atoms with Crippen molar-refractivity contribution in [2.45, 2.75) is 70.4 Å². The molecule has 2 aliphatic rings. The van der Waals surface area contributed by atoms with Crippen molar-refractivity contribution >= 4 is 12.2 Å². The topological polar surface area (TPSA) is 73.9 Å². The maximum Gasteiger partial charge on any atom is 0.513 e. The molecule has 4 rings (SSSR count). The van der Waals surface area contributed by atoms with Crippen LogP contribution in [0, 0.1) is 5.92 Å². The molecule has 2 bridgehead atoms. The van der Waals surface area contributed by atoms with Crippen molar-refractivity contribution in [3.05, 3.63) is 65.2 Å². The van der Waals surface area contributed by atoms with Crippen molar-refractivity contribution in [3.8, 4) is 5.75 Å². The van der Waals surface area contributed by atoms with Gasteiger partial charge in [-0.1, -0.05) is 62.6 Å². The van der Waals surface area contributed by atoms with E-state index in [1.54, 1.807) is 6.92 Å². The van der Waals surface area contributed by atoms with E-state index in [0.717, 1.165) is 43.2 Å². The number of carbonyl (C=O) groups is 2. The number of hydrogen-bond acceptors (Lipinski definition) is 5. The van der Waals surface area contributed by atoms with E-state index in [1.807, 2.05) is 42.5 Å². The zero-order chi connectivity index (χ0) is 23.3. The summed E-state index contributed by atoms with van der Waals surface area (Å²) in [5.41, 5.74) is 3.08. The summed E-state index contributed by atoms with van der Waals surface area (Å²) in [7, 11) is 0. The van der Waals surface area contributed by atoms with Crippen molar-refractivity contribution in [2.75, 3.05) is 6.61 Å². The summed E-state index contributed by atoms with van der Waals surface area (Å²) >= 11 is 0. The van der Waals surface area contributed by atoms with E-state index >= 15 is 0 Å². The molecular weight excluding hydrogens is 418 g/mol. The van der Waals surface area contributed by atoms with Crippen LogP contribution in [0.5, 0.6) is 5.75 Å². The molecule has 33 heavy (non-hydrogen) atoms. The highest BCUT2D eigenvalue weighted by molar-refractivity contribution is 5.68. The van der Waals surface area contributed by atoms with E-state index in [2.05, 4.69) is 18.3 Å². The lowest BCUT2D eigenvalue weighted by atomic mass is 9.59. The summed E-state index contributed by atoms with van der Waals surface area (Å²) in [5.74, 6) is 0.809. The van der Waals surface area contributed by atoms with Crippen molar-refractivity contribution in [2.24, 2.45) is 5.92 Å². The molecule has 1 saturated carbocycles. The van der Waals surface area contributed by atoms with Gasteiger partial charge in [0.1, 0.15) is 12.4 Å². The van der Waals surface area contributed by atoms with E-state index < -0.39 is 6.16 Å². The first kappa shape index (κ1) is 23.1. The Hall–Kier alpha value is -3.02. The van der Waals surface area contributed by atoms with Gasteiger partial charge in [0.05, 0.1) is 6.61 Å². The zero-order valence-corrected chi connectivity index (χ0v) is 19.5. The molecule has 0 spiro atoms. The summed E-state index contributed by atoms with van der Waals surface area (Å²) in [6.07, 6.45) is 5.25. The Labute approximate surface area is 195 Å². The van der Waals surface area contributed by atoms with Gasteiger partial charge in [0.15, 0.2) is 0 Å². The van der Waals surface area contributed by atoms with Crippen LogP contribution in [-0.2, 0) is 27.9 Å². The second-order valence-electron chi connectivity index (χ2n) is 9.27. The highest BCUT2D eigenvalue weighted by Gasteiger charge is 2.46. The molecule has 176 valence electrons. The molecular formula is C27H33NO5. The van der Waals surface area contributed by atoms with Crippen LogP contribution >= 0.6 is 0 Å². The largest absolute Gasteiger partial charge is 0.513 e. The van der Waals surface area contributed by atoms with Gasteiger partial charge < -0.3 is 19.5 Å². The van der Waals surface area contributed by atoms with E-state index in [-0.39, 0.29) is 30.8 Å². The molecule has 6 nitrogen and oxygen atoms in total. The fraction of sp³-hybridized carbons (Fsp3) is 0.481. The van der Waals surface area contributed by atoms with Crippen LogP contribution in [0.2, 0.25) is 0 Å². The number of fused-ring (bicyclic) bond motifs is 4. The SMILES string of the molecule is CCOC(=O)Oc1ccc2c(c1)[C@@]1(C)CCCCC[C@@H](C2)[C@@H]1NC(=O)OCc1ccccc1. The number of amides is 1. The third-order valence-electron chi connectivity index (χ3n) is 7.06. The molecule has 3 atom stereocenters. The normalized spacial score (nSPS) is 23.9. The first-order valence-electron chi connectivity index (χ1n) is 11.9. The molecule has 0 heterocycles. The Morgan fingerprint density at radius 3 is 2.67 bits per heavy atom. The number of alkyl carbamates (subject to hydrolysis) is 1.